The summed E-state index contributed by atoms with van der Waals surface area (Å²) in [6.07, 6.45) is -4.30. The molecule has 1 saturated heterocycles. The number of rotatable bonds is 7. The first-order valence-electron chi connectivity index (χ1n) is 8.31. The van der Waals surface area contributed by atoms with Gasteiger partial charge < -0.3 is 15.4 Å². The number of hydrogen-bond donors (Lipinski definition) is 1. The number of hydrogen-bond acceptors (Lipinski definition) is 5. The van der Waals surface area contributed by atoms with Crippen molar-refractivity contribution in [2.24, 2.45) is 5.73 Å². The van der Waals surface area contributed by atoms with Crippen molar-refractivity contribution in [3.63, 3.8) is 0 Å². The number of carbonyl (C=O) groups excluding carboxylic acids is 1. The lowest BCUT2D eigenvalue weighted by Gasteiger charge is -2.40. The summed E-state index contributed by atoms with van der Waals surface area (Å²) in [6, 6.07) is 6.37. The van der Waals surface area contributed by atoms with E-state index < -0.39 is 18.0 Å². The maximum atomic E-state index is 12.9. The van der Waals surface area contributed by atoms with Crippen molar-refractivity contribution in [3.05, 3.63) is 24.3 Å². The Morgan fingerprint density at radius 3 is 2.44 bits per heavy atom. The number of piperazine rings is 1. The van der Waals surface area contributed by atoms with E-state index in [0.717, 1.165) is 11.4 Å². The summed E-state index contributed by atoms with van der Waals surface area (Å²) in [5.74, 6) is -0.950. The average molecular weight is 359 g/mol. The monoisotopic (exact) mass is 359 g/mol. The Balaban J connectivity index is 2.06. The zero-order valence-corrected chi connectivity index (χ0v) is 14.3. The van der Waals surface area contributed by atoms with Crippen molar-refractivity contribution in [3.8, 4) is 5.75 Å². The summed E-state index contributed by atoms with van der Waals surface area (Å²) in [5, 5.41) is 0. The number of alkyl halides is 3. The maximum Gasteiger partial charge on any atom is 0.451 e. The normalized spacial score (nSPS) is 17.4. The third-order valence-electron chi connectivity index (χ3n) is 4.44. The number of nitrogens with two attached hydrogens (primary N) is 1. The molecule has 5 nitrogen and oxygen atoms in total. The van der Waals surface area contributed by atoms with Crippen LogP contribution < -0.4 is 15.4 Å². The van der Waals surface area contributed by atoms with Gasteiger partial charge in [-0.05, 0) is 31.5 Å². The summed E-state index contributed by atoms with van der Waals surface area (Å²) in [4.78, 5) is 15.5. The van der Waals surface area contributed by atoms with Crippen LogP contribution in [0.15, 0.2) is 24.3 Å². The van der Waals surface area contributed by atoms with Crippen LogP contribution in [0.4, 0.5) is 18.9 Å². The largest absolute Gasteiger partial charge is 0.495 e. The molecule has 1 aliphatic rings. The number of carbonyl (C=O) groups is 1. The lowest BCUT2D eigenvalue weighted by atomic mass is 10.0. The van der Waals surface area contributed by atoms with E-state index in [2.05, 4.69) is 4.90 Å². The number of benzene rings is 1. The molecule has 0 bridgehead atoms. The van der Waals surface area contributed by atoms with Gasteiger partial charge in [0.15, 0.2) is 0 Å². The van der Waals surface area contributed by atoms with Gasteiger partial charge in [-0.25, -0.2) is 0 Å². The highest BCUT2D eigenvalue weighted by Crippen LogP contribution is 2.29. The molecule has 1 heterocycles. The molecular weight excluding hydrogens is 335 g/mol. The number of halogens is 3. The smallest absolute Gasteiger partial charge is 0.451 e. The molecule has 8 heteroatoms. The third-order valence-corrected chi connectivity index (χ3v) is 4.44. The predicted molar refractivity (Wildman–Crippen MR) is 89.9 cm³/mol. The molecule has 0 amide bonds. The molecule has 0 saturated carbocycles. The van der Waals surface area contributed by atoms with Gasteiger partial charge in [-0.15, -0.1) is 0 Å². The molecule has 25 heavy (non-hydrogen) atoms. The number of ketones is 1. The van der Waals surface area contributed by atoms with Crippen LogP contribution in [0, 0.1) is 0 Å². The van der Waals surface area contributed by atoms with Crippen LogP contribution >= 0.6 is 0 Å². The minimum atomic E-state index is -4.82. The highest BCUT2D eigenvalue weighted by molar-refractivity contribution is 5.89. The Morgan fingerprint density at radius 1 is 1.24 bits per heavy atom. The molecule has 1 aromatic rings. The van der Waals surface area contributed by atoms with Crippen molar-refractivity contribution in [1.82, 2.24) is 4.90 Å². The van der Waals surface area contributed by atoms with Gasteiger partial charge in [0.1, 0.15) is 5.75 Å². The molecule has 0 radical (unpaired) electrons. The molecule has 1 unspecified atom stereocenters. The van der Waals surface area contributed by atoms with Crippen molar-refractivity contribution in [2.45, 2.75) is 25.1 Å². The summed E-state index contributed by atoms with van der Waals surface area (Å²) in [6.45, 7) is 2.10. The van der Waals surface area contributed by atoms with Crippen molar-refractivity contribution in [1.29, 1.82) is 0 Å². The van der Waals surface area contributed by atoms with Crippen LogP contribution in [0.25, 0.3) is 0 Å². The Kier molecular flexibility index (Phi) is 6.66. The predicted octanol–water partition coefficient (Wildman–Crippen LogP) is 2.06. The molecule has 0 aromatic heterocycles. The van der Waals surface area contributed by atoms with Crippen molar-refractivity contribution >= 4 is 11.5 Å². The van der Waals surface area contributed by atoms with E-state index in [1.807, 2.05) is 24.3 Å². The van der Waals surface area contributed by atoms with Gasteiger partial charge in [0.25, 0.3) is 5.78 Å². The standard InChI is InChI=1S/C17H24F3N3O2/c1-25-15-7-3-2-5-13(15)22-9-11-23(12-10-22)14(6-4-8-21)16(24)17(18,19)20/h2-3,5,7,14H,4,6,8-12,21H2,1H3. The maximum absolute atomic E-state index is 12.9. The summed E-state index contributed by atoms with van der Waals surface area (Å²) < 4.78 is 44.0. The summed E-state index contributed by atoms with van der Waals surface area (Å²) in [7, 11) is 1.58. The molecule has 1 atom stereocenters. The van der Waals surface area contributed by atoms with Gasteiger partial charge >= 0.3 is 6.18 Å². The second kappa shape index (κ2) is 8.53. The lowest BCUT2D eigenvalue weighted by Crippen LogP contribution is -2.55. The number of anilines is 1. The van der Waals surface area contributed by atoms with E-state index >= 15 is 0 Å². The molecule has 1 fully saturated rings. The van der Waals surface area contributed by atoms with Crippen molar-refractivity contribution < 1.29 is 22.7 Å². The Morgan fingerprint density at radius 2 is 1.88 bits per heavy atom. The highest BCUT2D eigenvalue weighted by Gasteiger charge is 2.45. The van der Waals surface area contributed by atoms with E-state index in [9.17, 15) is 18.0 Å². The fourth-order valence-electron chi connectivity index (χ4n) is 3.15. The van der Waals surface area contributed by atoms with Gasteiger partial charge in [0, 0.05) is 26.2 Å². The van der Waals surface area contributed by atoms with E-state index in [0.29, 0.717) is 32.6 Å². The van der Waals surface area contributed by atoms with E-state index in [-0.39, 0.29) is 13.0 Å². The van der Waals surface area contributed by atoms with Crippen LogP contribution in [-0.4, -0.2) is 62.7 Å². The quantitative estimate of drug-likeness (QED) is 0.808. The lowest BCUT2D eigenvalue weighted by molar-refractivity contribution is -0.177. The Labute approximate surface area is 145 Å². The average Bonchev–Trinajstić information content (AvgIpc) is 2.61. The molecule has 0 spiro atoms. The van der Waals surface area contributed by atoms with Gasteiger partial charge in [-0.3, -0.25) is 9.69 Å². The molecule has 2 N–H and O–H groups in total. The summed E-state index contributed by atoms with van der Waals surface area (Å²) in [5.41, 5.74) is 6.32. The van der Waals surface area contributed by atoms with Crippen LogP contribution in [-0.2, 0) is 4.79 Å². The van der Waals surface area contributed by atoms with Crippen LogP contribution in [0.1, 0.15) is 12.8 Å². The van der Waals surface area contributed by atoms with Gasteiger partial charge in [0.05, 0.1) is 18.8 Å². The molecule has 0 aliphatic carbocycles. The second-order valence-corrected chi connectivity index (χ2v) is 6.00. The first-order chi connectivity index (χ1) is 11.9. The number of methoxy groups -OCH3 is 1. The molecule has 1 aliphatic heterocycles. The molecule has 2 rings (SSSR count). The Bertz CT molecular complexity index is 573. The van der Waals surface area contributed by atoms with Crippen LogP contribution in [0.5, 0.6) is 5.75 Å². The molecule has 1 aromatic carbocycles. The first kappa shape index (κ1) is 19.5. The summed E-state index contributed by atoms with van der Waals surface area (Å²) >= 11 is 0. The fraction of sp³-hybridized carbons (Fsp3) is 0.588. The van der Waals surface area contributed by atoms with Gasteiger partial charge in [-0.2, -0.15) is 13.2 Å². The Hall–Kier alpha value is -1.80. The van der Waals surface area contributed by atoms with Crippen LogP contribution in [0.3, 0.4) is 0 Å². The zero-order chi connectivity index (χ0) is 18.4. The van der Waals surface area contributed by atoms with Crippen LogP contribution in [0.2, 0.25) is 0 Å². The van der Waals surface area contributed by atoms with Gasteiger partial charge in [0.2, 0.25) is 0 Å². The van der Waals surface area contributed by atoms with Gasteiger partial charge in [-0.1, -0.05) is 12.1 Å². The van der Waals surface area contributed by atoms with E-state index in [4.69, 9.17) is 10.5 Å². The fourth-order valence-corrected chi connectivity index (χ4v) is 3.15. The highest BCUT2D eigenvalue weighted by atomic mass is 19.4. The SMILES string of the molecule is COc1ccccc1N1CCN(C(CCCN)C(=O)C(F)(F)F)CC1. The zero-order valence-electron chi connectivity index (χ0n) is 14.3. The molecular formula is C17H24F3N3O2. The number of nitrogens with zero attached hydrogens (tertiary/aromatic N) is 2. The minimum Gasteiger partial charge on any atom is -0.495 e. The number of Topliss-reactive ketones (excluding diaryl/α,β-unsaturated/α-hetero) is 1. The number of para-hydroxylation sites is 2. The third kappa shape index (κ3) is 4.85. The minimum absolute atomic E-state index is 0.128. The van der Waals surface area contributed by atoms with E-state index in [1.54, 1.807) is 12.0 Å². The first-order valence-corrected chi connectivity index (χ1v) is 8.31. The topological polar surface area (TPSA) is 58.8 Å². The number of ether oxygens (including phenoxy) is 1. The molecule has 140 valence electrons. The second-order valence-electron chi connectivity index (χ2n) is 6.00. The van der Waals surface area contributed by atoms with E-state index in [1.165, 1.54) is 0 Å². The van der Waals surface area contributed by atoms with Crippen molar-refractivity contribution in [2.75, 3.05) is 44.7 Å².